The molecule has 7 nitrogen and oxygen atoms in total. The summed E-state index contributed by atoms with van der Waals surface area (Å²) in [6, 6.07) is 14.1. The second-order valence-corrected chi connectivity index (χ2v) is 9.21. The number of aromatic nitrogens is 3. The fraction of sp³-hybridized carbons (Fsp3) is 0.318. The number of nitrogens with zero attached hydrogens (tertiary/aromatic N) is 4. The summed E-state index contributed by atoms with van der Waals surface area (Å²) in [5.41, 5.74) is 2.71. The first-order valence-electron chi connectivity index (χ1n) is 10.0. The van der Waals surface area contributed by atoms with Crippen LogP contribution in [0.1, 0.15) is 24.1 Å². The summed E-state index contributed by atoms with van der Waals surface area (Å²) in [4.78, 5) is 16.3. The average Bonchev–Trinajstić information content (AvgIpc) is 2.77. The zero-order valence-electron chi connectivity index (χ0n) is 17.1. The number of sulfonamides is 1. The molecule has 3 aromatic rings. The number of benzene rings is 1. The third-order valence-corrected chi connectivity index (χ3v) is 6.96. The minimum Gasteiger partial charge on any atom is -0.356 e. The largest absolute Gasteiger partial charge is 0.356 e. The molecule has 0 aliphatic carbocycles. The summed E-state index contributed by atoms with van der Waals surface area (Å²) in [6.45, 7) is 5.45. The predicted octanol–water partition coefficient (Wildman–Crippen LogP) is 3.10. The Morgan fingerprint density at radius 2 is 1.67 bits per heavy atom. The van der Waals surface area contributed by atoms with Crippen molar-refractivity contribution in [1.82, 2.24) is 19.7 Å². The van der Waals surface area contributed by atoms with Crippen LogP contribution in [0.3, 0.4) is 0 Å². The van der Waals surface area contributed by atoms with Crippen LogP contribution in [0, 0.1) is 13.8 Å². The standard InChI is InChI=1S/C22H25N5O2S/c1-16-17(2)24-21(20-10-6-7-13-23-20)25-22(16)27-14-11-18(12-15-27)26-30(28,29)19-8-4-3-5-9-19/h3-10,13,18,26H,11-12,14-15H2,1-2H3. The van der Waals surface area contributed by atoms with Crippen LogP contribution in [0.5, 0.6) is 0 Å². The first-order chi connectivity index (χ1) is 14.4. The van der Waals surface area contributed by atoms with Crippen molar-refractivity contribution in [2.24, 2.45) is 0 Å². The highest BCUT2D eigenvalue weighted by Crippen LogP contribution is 2.26. The number of piperidine rings is 1. The van der Waals surface area contributed by atoms with Crippen LogP contribution in [-0.4, -0.2) is 42.5 Å². The highest BCUT2D eigenvalue weighted by molar-refractivity contribution is 7.89. The number of pyridine rings is 1. The Balaban J connectivity index is 1.49. The molecule has 0 saturated carbocycles. The third kappa shape index (κ3) is 4.34. The summed E-state index contributed by atoms with van der Waals surface area (Å²) >= 11 is 0. The van der Waals surface area contributed by atoms with Crippen molar-refractivity contribution in [1.29, 1.82) is 0 Å². The quantitative estimate of drug-likeness (QED) is 0.678. The van der Waals surface area contributed by atoms with Gasteiger partial charge >= 0.3 is 0 Å². The molecule has 1 aromatic carbocycles. The predicted molar refractivity (Wildman–Crippen MR) is 117 cm³/mol. The molecule has 8 heteroatoms. The lowest BCUT2D eigenvalue weighted by molar-refractivity contribution is 0.458. The van der Waals surface area contributed by atoms with Gasteiger partial charge < -0.3 is 4.90 Å². The molecule has 1 N–H and O–H groups in total. The molecule has 0 atom stereocenters. The zero-order chi connectivity index (χ0) is 21.1. The second kappa shape index (κ2) is 8.49. The van der Waals surface area contributed by atoms with E-state index in [0.717, 1.165) is 35.9 Å². The Bertz CT molecular complexity index is 1110. The molecular weight excluding hydrogens is 398 g/mol. The van der Waals surface area contributed by atoms with Gasteiger partial charge in [0.15, 0.2) is 5.82 Å². The summed E-state index contributed by atoms with van der Waals surface area (Å²) < 4.78 is 28.0. The van der Waals surface area contributed by atoms with Gasteiger partial charge in [0.25, 0.3) is 0 Å². The molecule has 0 unspecified atom stereocenters. The van der Waals surface area contributed by atoms with Gasteiger partial charge in [0.05, 0.1) is 4.90 Å². The number of aryl methyl sites for hydroxylation is 1. The molecule has 0 bridgehead atoms. The van der Waals surface area contributed by atoms with Crippen molar-refractivity contribution < 1.29 is 8.42 Å². The van der Waals surface area contributed by atoms with Gasteiger partial charge in [-0.25, -0.2) is 23.1 Å². The van der Waals surface area contributed by atoms with Crippen LogP contribution in [-0.2, 0) is 10.0 Å². The van der Waals surface area contributed by atoms with E-state index in [4.69, 9.17) is 4.98 Å². The first-order valence-corrected chi connectivity index (χ1v) is 11.5. The van der Waals surface area contributed by atoms with Crippen molar-refractivity contribution in [3.8, 4) is 11.5 Å². The Morgan fingerprint density at radius 3 is 2.33 bits per heavy atom. The van der Waals surface area contributed by atoms with Crippen molar-refractivity contribution >= 4 is 15.8 Å². The fourth-order valence-electron chi connectivity index (χ4n) is 3.63. The lowest BCUT2D eigenvalue weighted by Gasteiger charge is -2.34. The van der Waals surface area contributed by atoms with E-state index in [1.165, 1.54) is 0 Å². The molecule has 2 aromatic heterocycles. The molecule has 1 aliphatic heterocycles. The van der Waals surface area contributed by atoms with E-state index < -0.39 is 10.0 Å². The normalized spacial score (nSPS) is 15.3. The minimum absolute atomic E-state index is 0.0926. The summed E-state index contributed by atoms with van der Waals surface area (Å²) in [6.07, 6.45) is 3.17. The lowest BCUT2D eigenvalue weighted by atomic mass is 10.1. The van der Waals surface area contributed by atoms with Crippen LogP contribution in [0.15, 0.2) is 59.6 Å². The van der Waals surface area contributed by atoms with Crippen LogP contribution in [0.2, 0.25) is 0 Å². The zero-order valence-corrected chi connectivity index (χ0v) is 17.9. The van der Waals surface area contributed by atoms with E-state index in [0.29, 0.717) is 23.6 Å². The van der Waals surface area contributed by atoms with Gasteiger partial charge in [0.1, 0.15) is 11.5 Å². The van der Waals surface area contributed by atoms with Crippen LogP contribution >= 0.6 is 0 Å². The van der Waals surface area contributed by atoms with Gasteiger partial charge in [-0.15, -0.1) is 0 Å². The van der Waals surface area contributed by atoms with Gasteiger partial charge in [0, 0.05) is 36.6 Å². The minimum atomic E-state index is -3.50. The van der Waals surface area contributed by atoms with E-state index in [2.05, 4.69) is 19.6 Å². The summed E-state index contributed by atoms with van der Waals surface area (Å²) in [5.74, 6) is 1.51. The number of hydrogen-bond acceptors (Lipinski definition) is 6. The van der Waals surface area contributed by atoms with Gasteiger partial charge in [-0.2, -0.15) is 0 Å². The van der Waals surface area contributed by atoms with Gasteiger partial charge in [0.2, 0.25) is 10.0 Å². The summed E-state index contributed by atoms with van der Waals surface area (Å²) in [7, 11) is -3.50. The van der Waals surface area contributed by atoms with Crippen molar-refractivity contribution in [2.75, 3.05) is 18.0 Å². The molecule has 3 heterocycles. The number of nitrogens with one attached hydrogen (secondary N) is 1. The maximum absolute atomic E-state index is 12.6. The number of anilines is 1. The molecule has 0 spiro atoms. The SMILES string of the molecule is Cc1nc(-c2ccccn2)nc(N2CCC(NS(=O)(=O)c3ccccc3)CC2)c1C. The Labute approximate surface area is 177 Å². The second-order valence-electron chi connectivity index (χ2n) is 7.49. The van der Waals surface area contributed by atoms with Crippen LogP contribution in [0.25, 0.3) is 11.5 Å². The Kier molecular flexibility index (Phi) is 5.78. The van der Waals surface area contributed by atoms with Crippen LogP contribution < -0.4 is 9.62 Å². The molecule has 1 saturated heterocycles. The lowest BCUT2D eigenvalue weighted by Crippen LogP contribution is -2.45. The number of rotatable bonds is 5. The maximum atomic E-state index is 12.6. The molecule has 156 valence electrons. The van der Waals surface area contributed by atoms with Crippen molar-refractivity contribution in [2.45, 2.75) is 37.6 Å². The molecule has 1 aliphatic rings. The van der Waals surface area contributed by atoms with Crippen molar-refractivity contribution in [3.05, 3.63) is 66.0 Å². The van der Waals surface area contributed by atoms with Gasteiger partial charge in [-0.05, 0) is 51.0 Å². The Hall–Kier alpha value is -2.84. The highest BCUT2D eigenvalue weighted by atomic mass is 32.2. The smallest absolute Gasteiger partial charge is 0.240 e. The van der Waals surface area contributed by atoms with E-state index >= 15 is 0 Å². The van der Waals surface area contributed by atoms with Gasteiger partial charge in [-0.3, -0.25) is 4.98 Å². The molecule has 4 rings (SSSR count). The first kappa shape index (κ1) is 20.4. The average molecular weight is 424 g/mol. The molecular formula is C22H25N5O2S. The molecule has 0 radical (unpaired) electrons. The van der Waals surface area contributed by atoms with E-state index in [1.54, 1.807) is 30.5 Å². The summed E-state index contributed by atoms with van der Waals surface area (Å²) in [5, 5.41) is 0. The monoisotopic (exact) mass is 423 g/mol. The Morgan fingerprint density at radius 1 is 0.967 bits per heavy atom. The maximum Gasteiger partial charge on any atom is 0.240 e. The van der Waals surface area contributed by atoms with Crippen LogP contribution in [0.4, 0.5) is 5.82 Å². The van der Waals surface area contributed by atoms with Crippen molar-refractivity contribution in [3.63, 3.8) is 0 Å². The number of hydrogen-bond donors (Lipinski definition) is 1. The molecule has 1 fully saturated rings. The van der Waals surface area contributed by atoms with E-state index in [1.807, 2.05) is 38.1 Å². The molecule has 0 amide bonds. The topological polar surface area (TPSA) is 88.1 Å². The van der Waals surface area contributed by atoms with E-state index in [-0.39, 0.29) is 6.04 Å². The van der Waals surface area contributed by atoms with Gasteiger partial charge in [-0.1, -0.05) is 24.3 Å². The van der Waals surface area contributed by atoms with E-state index in [9.17, 15) is 8.42 Å². The molecule has 30 heavy (non-hydrogen) atoms. The third-order valence-electron chi connectivity index (χ3n) is 5.43. The highest BCUT2D eigenvalue weighted by Gasteiger charge is 2.26. The fourth-order valence-corrected chi connectivity index (χ4v) is 4.95.